The molecule has 1 atom stereocenters. The fraction of sp³-hybridized carbons (Fsp3) is 0.273. The molecule has 132 valence electrons. The summed E-state index contributed by atoms with van der Waals surface area (Å²) in [6.45, 7) is 2.77. The minimum atomic E-state index is -0.115. The Labute approximate surface area is 153 Å². The van der Waals surface area contributed by atoms with Crippen molar-refractivity contribution < 1.29 is 4.79 Å². The molecule has 0 saturated carbocycles. The molecule has 1 N–H and O–H groups in total. The van der Waals surface area contributed by atoms with E-state index in [-0.39, 0.29) is 11.9 Å². The second-order valence-electron chi connectivity index (χ2n) is 6.77. The SMILES string of the molecule is O=C(NC[C@@H](c1ccccc1)N1CCCC1)c1ccc2ccccc2n1. The van der Waals surface area contributed by atoms with E-state index in [0.29, 0.717) is 12.2 Å². The van der Waals surface area contributed by atoms with Gasteiger partial charge in [0.05, 0.1) is 11.6 Å². The number of nitrogens with one attached hydrogen (secondary N) is 1. The largest absolute Gasteiger partial charge is 0.349 e. The van der Waals surface area contributed by atoms with Crippen LogP contribution < -0.4 is 5.32 Å². The molecule has 1 amide bonds. The van der Waals surface area contributed by atoms with E-state index in [1.165, 1.54) is 18.4 Å². The first-order valence-electron chi connectivity index (χ1n) is 9.24. The number of fused-ring (bicyclic) bond motifs is 1. The van der Waals surface area contributed by atoms with Crippen LogP contribution in [0.5, 0.6) is 0 Å². The predicted molar refractivity (Wildman–Crippen MR) is 104 cm³/mol. The molecule has 4 heteroatoms. The van der Waals surface area contributed by atoms with Crippen LogP contribution in [0.25, 0.3) is 10.9 Å². The molecule has 1 aliphatic heterocycles. The van der Waals surface area contributed by atoms with Crippen LogP contribution in [0.3, 0.4) is 0 Å². The van der Waals surface area contributed by atoms with Crippen LogP contribution in [0.2, 0.25) is 0 Å². The van der Waals surface area contributed by atoms with Gasteiger partial charge in [0.25, 0.3) is 5.91 Å². The molecule has 2 aromatic carbocycles. The van der Waals surface area contributed by atoms with E-state index < -0.39 is 0 Å². The van der Waals surface area contributed by atoms with Gasteiger partial charge in [0, 0.05) is 11.9 Å². The summed E-state index contributed by atoms with van der Waals surface area (Å²) >= 11 is 0. The van der Waals surface area contributed by atoms with Gasteiger partial charge in [-0.1, -0.05) is 54.6 Å². The van der Waals surface area contributed by atoms with Gasteiger partial charge in [-0.25, -0.2) is 4.98 Å². The lowest BCUT2D eigenvalue weighted by Gasteiger charge is -2.28. The summed E-state index contributed by atoms with van der Waals surface area (Å²) in [5.74, 6) is -0.115. The Morgan fingerprint density at radius 2 is 1.69 bits per heavy atom. The van der Waals surface area contributed by atoms with Crippen LogP contribution in [0, 0.1) is 0 Å². The Kier molecular flexibility index (Phi) is 4.93. The normalized spacial score (nSPS) is 15.8. The van der Waals surface area contributed by atoms with Crippen LogP contribution in [0.1, 0.15) is 34.9 Å². The van der Waals surface area contributed by atoms with Crippen molar-refractivity contribution in [1.29, 1.82) is 0 Å². The number of nitrogens with zero attached hydrogens (tertiary/aromatic N) is 2. The van der Waals surface area contributed by atoms with Gasteiger partial charge >= 0.3 is 0 Å². The third-order valence-corrected chi connectivity index (χ3v) is 5.05. The molecule has 1 aromatic heterocycles. The van der Waals surface area contributed by atoms with Crippen molar-refractivity contribution in [2.75, 3.05) is 19.6 Å². The Balaban J connectivity index is 1.50. The number of benzene rings is 2. The first-order valence-corrected chi connectivity index (χ1v) is 9.24. The lowest BCUT2D eigenvalue weighted by molar-refractivity contribution is 0.0933. The highest BCUT2D eigenvalue weighted by molar-refractivity contribution is 5.94. The third-order valence-electron chi connectivity index (χ3n) is 5.05. The molecule has 4 nitrogen and oxygen atoms in total. The molecule has 1 aliphatic rings. The average molecular weight is 345 g/mol. The molecular formula is C22H23N3O. The van der Waals surface area contributed by atoms with Crippen LogP contribution in [0.4, 0.5) is 0 Å². The Bertz CT molecular complexity index is 888. The van der Waals surface area contributed by atoms with Gasteiger partial charge in [-0.15, -0.1) is 0 Å². The van der Waals surface area contributed by atoms with Crippen molar-refractivity contribution in [3.05, 3.63) is 78.0 Å². The van der Waals surface area contributed by atoms with E-state index in [9.17, 15) is 4.79 Å². The van der Waals surface area contributed by atoms with E-state index in [2.05, 4.69) is 39.5 Å². The molecule has 3 aromatic rings. The van der Waals surface area contributed by atoms with Gasteiger partial charge in [-0.3, -0.25) is 9.69 Å². The predicted octanol–water partition coefficient (Wildman–Crippen LogP) is 3.80. The minimum absolute atomic E-state index is 0.115. The summed E-state index contributed by atoms with van der Waals surface area (Å²) in [7, 11) is 0. The second-order valence-corrected chi connectivity index (χ2v) is 6.77. The van der Waals surface area contributed by atoms with Gasteiger partial charge in [0.1, 0.15) is 5.69 Å². The van der Waals surface area contributed by atoms with Crippen LogP contribution >= 0.6 is 0 Å². The van der Waals surface area contributed by atoms with E-state index in [4.69, 9.17) is 0 Å². The van der Waals surface area contributed by atoms with Crippen molar-refractivity contribution in [2.24, 2.45) is 0 Å². The molecular weight excluding hydrogens is 322 g/mol. The first kappa shape index (κ1) is 16.7. The monoisotopic (exact) mass is 345 g/mol. The van der Waals surface area contributed by atoms with E-state index in [1.807, 2.05) is 36.4 Å². The standard InChI is InChI=1S/C22H23N3O/c26-22(20-13-12-17-8-4-5-11-19(17)24-20)23-16-21(25-14-6-7-15-25)18-9-2-1-3-10-18/h1-5,8-13,21H,6-7,14-16H2,(H,23,26)/t21-/m0/s1. The third kappa shape index (κ3) is 3.60. The van der Waals surface area contributed by atoms with Crippen LogP contribution in [-0.2, 0) is 0 Å². The lowest BCUT2D eigenvalue weighted by atomic mass is 10.1. The van der Waals surface area contributed by atoms with Gasteiger partial charge in [0.2, 0.25) is 0 Å². The maximum atomic E-state index is 12.6. The molecule has 1 fully saturated rings. The average Bonchev–Trinajstić information content (AvgIpc) is 3.23. The number of para-hydroxylation sites is 1. The van der Waals surface area contributed by atoms with Gasteiger partial charge in [-0.05, 0) is 43.6 Å². The maximum absolute atomic E-state index is 12.6. The summed E-state index contributed by atoms with van der Waals surface area (Å²) in [4.78, 5) is 19.6. The van der Waals surface area contributed by atoms with E-state index in [0.717, 1.165) is 24.0 Å². The number of amides is 1. The van der Waals surface area contributed by atoms with Crippen molar-refractivity contribution in [3.8, 4) is 0 Å². The van der Waals surface area contributed by atoms with E-state index >= 15 is 0 Å². The maximum Gasteiger partial charge on any atom is 0.269 e. The summed E-state index contributed by atoms with van der Waals surface area (Å²) in [6, 6.07) is 22.2. The van der Waals surface area contributed by atoms with Gasteiger partial charge in [-0.2, -0.15) is 0 Å². The molecule has 4 rings (SSSR count). The molecule has 0 radical (unpaired) electrons. The molecule has 2 heterocycles. The van der Waals surface area contributed by atoms with Gasteiger partial charge in [0.15, 0.2) is 0 Å². The first-order chi connectivity index (χ1) is 12.8. The number of carbonyl (C=O) groups is 1. The Hall–Kier alpha value is -2.72. The zero-order valence-electron chi connectivity index (χ0n) is 14.8. The number of rotatable bonds is 5. The summed E-state index contributed by atoms with van der Waals surface area (Å²) < 4.78 is 0. The molecule has 0 unspecified atom stereocenters. The number of hydrogen-bond donors (Lipinski definition) is 1. The minimum Gasteiger partial charge on any atom is -0.349 e. The molecule has 0 spiro atoms. The number of hydrogen-bond acceptors (Lipinski definition) is 3. The topological polar surface area (TPSA) is 45.2 Å². The Morgan fingerprint density at radius 3 is 2.50 bits per heavy atom. The molecule has 26 heavy (non-hydrogen) atoms. The quantitative estimate of drug-likeness (QED) is 0.765. The van der Waals surface area contributed by atoms with Crippen molar-refractivity contribution >= 4 is 16.8 Å². The summed E-state index contributed by atoms with van der Waals surface area (Å²) in [5, 5.41) is 4.14. The summed E-state index contributed by atoms with van der Waals surface area (Å²) in [5.41, 5.74) is 2.57. The smallest absolute Gasteiger partial charge is 0.269 e. The zero-order valence-corrected chi connectivity index (χ0v) is 14.8. The number of carbonyl (C=O) groups excluding carboxylic acids is 1. The van der Waals surface area contributed by atoms with Crippen LogP contribution in [0.15, 0.2) is 66.7 Å². The molecule has 0 aliphatic carbocycles. The molecule has 1 saturated heterocycles. The zero-order chi connectivity index (χ0) is 17.8. The highest BCUT2D eigenvalue weighted by atomic mass is 16.1. The number of likely N-dealkylation sites (tertiary alicyclic amines) is 1. The number of pyridine rings is 1. The lowest BCUT2D eigenvalue weighted by Crippen LogP contribution is -2.37. The molecule has 0 bridgehead atoms. The highest BCUT2D eigenvalue weighted by Crippen LogP contribution is 2.24. The van der Waals surface area contributed by atoms with Crippen molar-refractivity contribution in [1.82, 2.24) is 15.2 Å². The fourth-order valence-electron chi connectivity index (χ4n) is 3.66. The van der Waals surface area contributed by atoms with Crippen molar-refractivity contribution in [2.45, 2.75) is 18.9 Å². The Morgan fingerprint density at radius 1 is 0.962 bits per heavy atom. The van der Waals surface area contributed by atoms with Crippen molar-refractivity contribution in [3.63, 3.8) is 0 Å². The van der Waals surface area contributed by atoms with E-state index in [1.54, 1.807) is 6.07 Å². The number of aromatic nitrogens is 1. The second kappa shape index (κ2) is 7.67. The fourth-order valence-corrected chi connectivity index (χ4v) is 3.66. The highest BCUT2D eigenvalue weighted by Gasteiger charge is 2.24. The summed E-state index contributed by atoms with van der Waals surface area (Å²) in [6.07, 6.45) is 2.45. The van der Waals surface area contributed by atoms with Crippen LogP contribution in [-0.4, -0.2) is 35.4 Å². The van der Waals surface area contributed by atoms with Gasteiger partial charge < -0.3 is 5.32 Å².